The lowest BCUT2D eigenvalue weighted by molar-refractivity contribution is -0.137. The van der Waals surface area contributed by atoms with Crippen molar-refractivity contribution in [2.24, 2.45) is 0 Å². The molecule has 48 heavy (non-hydrogen) atoms. The minimum Gasteiger partial charge on any atom is -0.481 e. The number of aromatic nitrogens is 2. The Kier molecular flexibility index (Phi) is 10.8. The molecule has 4 heterocycles. The van der Waals surface area contributed by atoms with E-state index in [2.05, 4.69) is 9.55 Å². The van der Waals surface area contributed by atoms with E-state index in [9.17, 15) is 19.2 Å². The molecule has 0 bridgehead atoms. The normalized spacial score (nSPS) is 16.2. The van der Waals surface area contributed by atoms with E-state index < -0.39 is 5.97 Å². The molecule has 3 amide bonds. The second-order valence-corrected chi connectivity index (χ2v) is 13.7. The highest BCUT2D eigenvalue weighted by atomic mass is 32.2. The Morgan fingerprint density at radius 2 is 1.56 bits per heavy atom. The molecule has 12 heteroatoms. The van der Waals surface area contributed by atoms with Crippen LogP contribution in [0.2, 0.25) is 0 Å². The zero-order chi connectivity index (χ0) is 34.5. The van der Waals surface area contributed by atoms with Crippen molar-refractivity contribution >= 4 is 80.9 Å². The number of carbonyl (C=O) groups is 4. The maximum absolute atomic E-state index is 12.8. The van der Waals surface area contributed by atoms with Crippen molar-refractivity contribution in [1.29, 1.82) is 0 Å². The molecule has 244 valence electrons. The molecule has 2 aliphatic heterocycles. The van der Waals surface area contributed by atoms with Gasteiger partial charge in [0, 0.05) is 24.1 Å². The SMILES string of the molecule is Cc1cc(/C=C2\SC(=O)N(c3ccccc3)C2=O)c(C)n1-c1cccnc1.Cc1ccc(/C=C2\SC(=S)N(CCC(=O)O)C2=O)cc1C. The molecular weight excluding hydrogens is 665 g/mol. The number of carbonyl (C=O) groups excluding carboxylic acids is 3. The number of pyridine rings is 1. The number of thioether (sulfide) groups is 2. The summed E-state index contributed by atoms with van der Waals surface area (Å²) in [7, 11) is 0. The van der Waals surface area contributed by atoms with Gasteiger partial charge in [0.2, 0.25) is 0 Å². The molecule has 4 aromatic rings. The summed E-state index contributed by atoms with van der Waals surface area (Å²) in [5.74, 6) is -1.45. The Morgan fingerprint density at radius 1 is 0.854 bits per heavy atom. The second kappa shape index (κ2) is 15.0. The zero-order valence-corrected chi connectivity index (χ0v) is 29.1. The molecule has 6 rings (SSSR count). The van der Waals surface area contributed by atoms with Gasteiger partial charge in [0.05, 0.1) is 33.8 Å². The van der Waals surface area contributed by atoms with Gasteiger partial charge >= 0.3 is 5.97 Å². The van der Waals surface area contributed by atoms with Crippen molar-refractivity contribution in [3.05, 3.63) is 123 Å². The molecule has 0 radical (unpaired) electrons. The van der Waals surface area contributed by atoms with Crippen molar-refractivity contribution in [2.75, 3.05) is 11.4 Å². The Labute approximate surface area is 292 Å². The number of para-hydroxylation sites is 1. The molecule has 9 nitrogen and oxygen atoms in total. The molecule has 2 aromatic heterocycles. The number of hydrogen-bond acceptors (Lipinski definition) is 8. The van der Waals surface area contributed by atoms with E-state index in [0.29, 0.717) is 19.8 Å². The molecule has 2 saturated heterocycles. The Bertz CT molecular complexity index is 1990. The number of imide groups is 1. The molecule has 2 aliphatic rings. The lowest BCUT2D eigenvalue weighted by Gasteiger charge is -2.12. The van der Waals surface area contributed by atoms with Gasteiger partial charge in [-0.05, 0) is 104 Å². The highest BCUT2D eigenvalue weighted by Gasteiger charge is 2.36. The molecule has 0 atom stereocenters. The smallest absolute Gasteiger partial charge is 0.305 e. The molecule has 2 fully saturated rings. The fourth-order valence-corrected chi connectivity index (χ4v) is 7.27. The van der Waals surface area contributed by atoms with Gasteiger partial charge in [0.25, 0.3) is 17.1 Å². The fourth-order valence-electron chi connectivity index (χ4n) is 5.13. The Hall–Kier alpha value is -4.78. The fraction of sp³-hybridized carbons (Fsp3) is 0.167. The predicted octanol–water partition coefficient (Wildman–Crippen LogP) is 7.71. The quantitative estimate of drug-likeness (QED) is 0.153. The molecule has 0 spiro atoms. The monoisotopic (exact) mass is 696 g/mol. The topological polar surface area (TPSA) is 113 Å². The van der Waals surface area contributed by atoms with Crippen LogP contribution in [0, 0.1) is 27.7 Å². The van der Waals surface area contributed by atoms with E-state index in [4.69, 9.17) is 17.3 Å². The number of benzene rings is 2. The first-order valence-corrected chi connectivity index (χ1v) is 17.0. The third-order valence-electron chi connectivity index (χ3n) is 7.72. The lowest BCUT2D eigenvalue weighted by atomic mass is 10.1. The van der Waals surface area contributed by atoms with Crippen LogP contribution in [-0.4, -0.2) is 53.4 Å². The molecule has 1 N–H and O–H groups in total. The summed E-state index contributed by atoms with van der Waals surface area (Å²) in [6, 6.07) is 20.8. The summed E-state index contributed by atoms with van der Waals surface area (Å²) in [5.41, 5.74) is 7.79. The summed E-state index contributed by atoms with van der Waals surface area (Å²) in [5, 5.41) is 8.42. The zero-order valence-electron chi connectivity index (χ0n) is 26.7. The molecule has 0 unspecified atom stereocenters. The number of carboxylic acid groups (broad SMARTS) is 1. The standard InChI is InChI=1S/C21H17N3O2S.C15H15NO3S2/c1-14-11-16(15(2)23(14)18-9-6-10-22-13-18)12-19-20(25)24(21(26)27-19)17-7-4-3-5-8-17;1-9-3-4-11(7-10(9)2)8-12-14(19)16(15(20)21-12)6-5-13(17)18/h3-13H,1-2H3;3-4,7-8H,5-6H2,1-2H3,(H,17,18)/b19-12-;12-8-. The van der Waals surface area contributed by atoms with Crippen LogP contribution < -0.4 is 4.90 Å². The predicted molar refractivity (Wildman–Crippen MR) is 196 cm³/mol. The van der Waals surface area contributed by atoms with E-state index in [-0.39, 0.29) is 30.0 Å². The average molecular weight is 697 g/mol. The van der Waals surface area contributed by atoms with Crippen LogP contribution in [0.3, 0.4) is 0 Å². The number of hydrogen-bond donors (Lipinski definition) is 1. The number of amides is 3. The number of aliphatic carboxylic acids is 1. The van der Waals surface area contributed by atoms with Gasteiger partial charge in [-0.25, -0.2) is 4.90 Å². The van der Waals surface area contributed by atoms with Crippen molar-refractivity contribution in [3.8, 4) is 5.69 Å². The average Bonchev–Trinajstić information content (AvgIpc) is 3.61. The third kappa shape index (κ3) is 7.67. The second-order valence-electron chi connectivity index (χ2n) is 11.0. The summed E-state index contributed by atoms with van der Waals surface area (Å²) in [6.45, 7) is 8.17. The molecule has 0 aliphatic carbocycles. The summed E-state index contributed by atoms with van der Waals surface area (Å²) < 4.78 is 2.50. The summed E-state index contributed by atoms with van der Waals surface area (Å²) in [4.78, 5) is 55.7. The van der Waals surface area contributed by atoms with Crippen LogP contribution in [0.1, 0.15) is 40.1 Å². The van der Waals surface area contributed by atoms with Crippen LogP contribution in [0.25, 0.3) is 17.8 Å². The van der Waals surface area contributed by atoms with E-state index in [0.717, 1.165) is 45.5 Å². The van der Waals surface area contributed by atoms with Gasteiger partial charge in [-0.2, -0.15) is 0 Å². The first kappa shape index (κ1) is 34.6. The van der Waals surface area contributed by atoms with Gasteiger partial charge in [-0.15, -0.1) is 0 Å². The Morgan fingerprint density at radius 3 is 2.23 bits per heavy atom. The number of rotatable bonds is 7. The van der Waals surface area contributed by atoms with E-state index in [1.54, 1.807) is 36.7 Å². The minimum atomic E-state index is -0.942. The highest BCUT2D eigenvalue weighted by molar-refractivity contribution is 8.26. The number of thiocarbonyl (C=S) groups is 1. The summed E-state index contributed by atoms with van der Waals surface area (Å²) >= 11 is 7.33. The van der Waals surface area contributed by atoms with E-state index in [1.807, 2.05) is 82.3 Å². The first-order chi connectivity index (χ1) is 22.9. The maximum Gasteiger partial charge on any atom is 0.305 e. The van der Waals surface area contributed by atoms with Crippen LogP contribution in [0.5, 0.6) is 0 Å². The van der Waals surface area contributed by atoms with Gasteiger partial charge in [0.15, 0.2) is 0 Å². The van der Waals surface area contributed by atoms with E-state index >= 15 is 0 Å². The lowest BCUT2D eigenvalue weighted by Crippen LogP contribution is -2.30. The van der Waals surface area contributed by atoms with Gasteiger partial charge in [-0.1, -0.05) is 60.4 Å². The molecule has 2 aromatic carbocycles. The molecular formula is C36H32N4O5S3. The van der Waals surface area contributed by atoms with Crippen molar-refractivity contribution in [2.45, 2.75) is 34.1 Å². The highest BCUT2D eigenvalue weighted by Crippen LogP contribution is 2.37. The van der Waals surface area contributed by atoms with Crippen molar-refractivity contribution in [1.82, 2.24) is 14.5 Å². The maximum atomic E-state index is 12.8. The van der Waals surface area contributed by atoms with Crippen LogP contribution in [-0.2, 0) is 14.4 Å². The van der Waals surface area contributed by atoms with Crippen LogP contribution in [0.4, 0.5) is 10.5 Å². The van der Waals surface area contributed by atoms with Crippen molar-refractivity contribution in [3.63, 3.8) is 0 Å². The minimum absolute atomic E-state index is 0.108. The van der Waals surface area contributed by atoms with Gasteiger partial charge in [-0.3, -0.25) is 29.1 Å². The van der Waals surface area contributed by atoms with Gasteiger partial charge in [0.1, 0.15) is 4.32 Å². The third-order valence-corrected chi connectivity index (χ3v) is 9.97. The number of nitrogens with zero attached hydrogens (tertiary/aromatic N) is 4. The van der Waals surface area contributed by atoms with Crippen LogP contribution >= 0.6 is 35.7 Å². The van der Waals surface area contributed by atoms with Crippen molar-refractivity contribution < 1.29 is 24.3 Å². The Balaban J connectivity index is 0.000000194. The number of anilines is 1. The van der Waals surface area contributed by atoms with E-state index in [1.165, 1.54) is 27.1 Å². The summed E-state index contributed by atoms with van der Waals surface area (Å²) in [6.07, 6.45) is 7.02. The van der Waals surface area contributed by atoms with Crippen LogP contribution in [0.15, 0.2) is 88.9 Å². The first-order valence-electron chi connectivity index (χ1n) is 14.9. The number of aryl methyl sites for hydroxylation is 3. The van der Waals surface area contributed by atoms with Gasteiger partial charge < -0.3 is 9.67 Å². The largest absolute Gasteiger partial charge is 0.481 e. The number of carboxylic acids is 1. The molecule has 0 saturated carbocycles.